The van der Waals surface area contributed by atoms with Crippen LogP contribution in [0.2, 0.25) is 0 Å². The van der Waals surface area contributed by atoms with Crippen LogP contribution in [-0.4, -0.2) is 37.8 Å². The average molecular weight is 471 g/mol. The lowest BCUT2D eigenvalue weighted by atomic mass is 9.86. The van der Waals surface area contributed by atoms with Crippen LogP contribution < -0.4 is 0 Å². The highest BCUT2D eigenvalue weighted by Gasteiger charge is 2.44. The molecule has 2 atom stereocenters. The molecule has 1 rings (SSSR count). The minimum Gasteiger partial charge on any atom is -0.459 e. The van der Waals surface area contributed by atoms with Gasteiger partial charge in [0.2, 0.25) is 0 Å². The van der Waals surface area contributed by atoms with E-state index in [1.165, 1.54) is 13.8 Å². The van der Waals surface area contributed by atoms with E-state index in [-0.39, 0.29) is 22.6 Å². The molecule has 6 nitrogen and oxygen atoms in total. The van der Waals surface area contributed by atoms with Crippen LogP contribution in [0.25, 0.3) is 0 Å². The molecule has 0 aromatic heterocycles. The molecule has 7 heteroatoms. The van der Waals surface area contributed by atoms with Gasteiger partial charge in [-0.1, -0.05) is 53.7 Å². The summed E-state index contributed by atoms with van der Waals surface area (Å²) in [4.78, 5) is 12.9. The topological polar surface area (TPSA) is 89.9 Å². The normalized spacial score (nSPS) is 15.8. The summed E-state index contributed by atoms with van der Waals surface area (Å²) in [5.74, 6) is -0.561. The van der Waals surface area contributed by atoms with E-state index in [1.807, 2.05) is 39.8 Å². The number of aliphatic hydroxyl groups is 1. The van der Waals surface area contributed by atoms with Crippen molar-refractivity contribution in [1.29, 1.82) is 0 Å². The number of ether oxygens (including phenoxy) is 1. The molecule has 1 aromatic rings. The third-order valence-electron chi connectivity index (χ3n) is 5.63. The number of esters is 1. The second-order valence-corrected chi connectivity index (χ2v) is 12.4. The Morgan fingerprint density at radius 3 is 1.66 bits per heavy atom. The summed E-state index contributed by atoms with van der Waals surface area (Å²) < 4.78 is 37.9. The maximum Gasteiger partial charge on any atom is 0.317 e. The van der Waals surface area contributed by atoms with Gasteiger partial charge in [-0.05, 0) is 69.1 Å². The van der Waals surface area contributed by atoms with Crippen LogP contribution >= 0.6 is 0 Å². The first-order valence-electron chi connectivity index (χ1n) is 11.3. The molecule has 0 radical (unpaired) electrons. The molecule has 184 valence electrons. The van der Waals surface area contributed by atoms with E-state index in [2.05, 4.69) is 13.8 Å². The second-order valence-electron chi connectivity index (χ2n) is 10.8. The third-order valence-corrected chi connectivity index (χ3v) is 7.03. The first-order chi connectivity index (χ1) is 14.3. The van der Waals surface area contributed by atoms with Crippen molar-refractivity contribution in [3.8, 4) is 0 Å². The average Bonchev–Trinajstić information content (AvgIpc) is 2.63. The zero-order chi connectivity index (χ0) is 25.2. The Balaban J connectivity index is 3.52. The predicted octanol–water partition coefficient (Wildman–Crippen LogP) is 5.49. The van der Waals surface area contributed by atoms with Crippen molar-refractivity contribution >= 4 is 16.1 Å². The highest BCUT2D eigenvalue weighted by molar-refractivity contribution is 7.86. The summed E-state index contributed by atoms with van der Waals surface area (Å²) in [6.45, 7) is 19.4. The van der Waals surface area contributed by atoms with Gasteiger partial charge < -0.3 is 9.84 Å². The fourth-order valence-corrected chi connectivity index (χ4v) is 4.87. The molecule has 0 bridgehead atoms. The van der Waals surface area contributed by atoms with Gasteiger partial charge in [-0.3, -0.25) is 8.98 Å². The summed E-state index contributed by atoms with van der Waals surface area (Å²) in [5.41, 5.74) is 0.119. The lowest BCUT2D eigenvalue weighted by molar-refractivity contribution is -0.175. The largest absolute Gasteiger partial charge is 0.459 e. The minimum absolute atomic E-state index is 0.0476. The fourth-order valence-electron chi connectivity index (χ4n) is 3.18. The van der Waals surface area contributed by atoms with Crippen LogP contribution in [0.4, 0.5) is 0 Å². The first-order valence-corrected chi connectivity index (χ1v) is 12.7. The lowest BCUT2D eigenvalue weighted by Crippen LogP contribution is -2.46. The van der Waals surface area contributed by atoms with Crippen LogP contribution in [0.1, 0.15) is 111 Å². The smallest absolute Gasteiger partial charge is 0.317 e. The standard InChI is InChI=1S/C25H42O6S/c1-15(2)19-12-20(16(3)4)22(21(13-19)17(5)6)32(28,29)30-14-25(11,18(7)26)23(27)31-24(8,9)10/h12-13,15-18,26H,14H2,1-11H3. The van der Waals surface area contributed by atoms with Crippen LogP contribution in [0.3, 0.4) is 0 Å². The molecule has 0 heterocycles. The number of rotatable bonds is 9. The van der Waals surface area contributed by atoms with E-state index in [9.17, 15) is 18.3 Å². The molecule has 0 saturated heterocycles. The number of carbonyl (C=O) groups is 1. The maximum absolute atomic E-state index is 13.5. The molecule has 0 aliphatic rings. The Labute approximate surface area is 194 Å². The van der Waals surface area contributed by atoms with Crippen LogP contribution in [0, 0.1) is 5.41 Å². The van der Waals surface area contributed by atoms with E-state index in [0.717, 1.165) is 5.56 Å². The summed E-state index contributed by atoms with van der Waals surface area (Å²) in [5, 5.41) is 10.3. The molecule has 0 aliphatic carbocycles. The first kappa shape index (κ1) is 28.6. The van der Waals surface area contributed by atoms with E-state index in [0.29, 0.717) is 11.1 Å². The number of hydrogen-bond donors (Lipinski definition) is 1. The molecule has 1 aromatic carbocycles. The van der Waals surface area contributed by atoms with Crippen molar-refractivity contribution in [1.82, 2.24) is 0 Å². The second kappa shape index (κ2) is 10.2. The predicted molar refractivity (Wildman–Crippen MR) is 127 cm³/mol. The molecule has 1 N–H and O–H groups in total. The van der Waals surface area contributed by atoms with Crippen molar-refractivity contribution in [2.75, 3.05) is 6.61 Å². The van der Waals surface area contributed by atoms with E-state index in [1.54, 1.807) is 20.8 Å². The number of benzene rings is 1. The molecule has 0 spiro atoms. The van der Waals surface area contributed by atoms with Crippen molar-refractivity contribution in [3.05, 3.63) is 28.8 Å². The zero-order valence-electron chi connectivity index (χ0n) is 21.6. The zero-order valence-corrected chi connectivity index (χ0v) is 22.4. The Bertz CT molecular complexity index is 878. The van der Waals surface area contributed by atoms with E-state index >= 15 is 0 Å². The SMILES string of the molecule is CC(C)c1cc(C(C)C)c(S(=O)(=O)OCC(C)(C(=O)OC(C)(C)C)C(C)O)c(C(C)C)c1. The molecule has 2 unspecified atom stereocenters. The quantitative estimate of drug-likeness (QED) is 0.379. The highest BCUT2D eigenvalue weighted by Crippen LogP contribution is 2.37. The maximum atomic E-state index is 13.5. The molecule has 0 fully saturated rings. The Hall–Kier alpha value is -1.44. The van der Waals surface area contributed by atoms with Crippen LogP contribution in [0.15, 0.2) is 17.0 Å². The monoisotopic (exact) mass is 470 g/mol. The van der Waals surface area contributed by atoms with Crippen molar-refractivity contribution in [3.63, 3.8) is 0 Å². The summed E-state index contributed by atoms with van der Waals surface area (Å²) in [6, 6.07) is 3.86. The third kappa shape index (κ3) is 6.78. The molecule has 0 amide bonds. The summed E-state index contributed by atoms with van der Waals surface area (Å²) in [7, 11) is -4.22. The molecule has 32 heavy (non-hydrogen) atoms. The Kier molecular flexibility index (Phi) is 9.14. The molecular formula is C25H42O6S. The van der Waals surface area contributed by atoms with Gasteiger partial charge in [0.05, 0.1) is 12.7 Å². The minimum atomic E-state index is -4.22. The van der Waals surface area contributed by atoms with Gasteiger partial charge in [-0.2, -0.15) is 8.42 Å². The van der Waals surface area contributed by atoms with Gasteiger partial charge in [-0.25, -0.2) is 0 Å². The van der Waals surface area contributed by atoms with Crippen LogP contribution in [0.5, 0.6) is 0 Å². The summed E-state index contributed by atoms with van der Waals surface area (Å²) in [6.07, 6.45) is -1.18. The van der Waals surface area contributed by atoms with Gasteiger partial charge in [0, 0.05) is 0 Å². The van der Waals surface area contributed by atoms with Crippen molar-refractivity contribution in [2.24, 2.45) is 5.41 Å². The molecule has 0 saturated carbocycles. The molecule has 0 aliphatic heterocycles. The van der Waals surface area contributed by atoms with Gasteiger partial charge in [0.1, 0.15) is 15.9 Å². The number of hydrogen-bond acceptors (Lipinski definition) is 6. The highest BCUT2D eigenvalue weighted by atomic mass is 32.2. The van der Waals surface area contributed by atoms with E-state index in [4.69, 9.17) is 8.92 Å². The van der Waals surface area contributed by atoms with Gasteiger partial charge in [-0.15, -0.1) is 0 Å². The van der Waals surface area contributed by atoms with Gasteiger partial charge >= 0.3 is 5.97 Å². The fraction of sp³-hybridized carbons (Fsp3) is 0.720. The lowest BCUT2D eigenvalue weighted by Gasteiger charge is -2.33. The summed E-state index contributed by atoms with van der Waals surface area (Å²) >= 11 is 0. The number of carbonyl (C=O) groups excluding carboxylic acids is 1. The Morgan fingerprint density at radius 1 is 0.906 bits per heavy atom. The van der Waals surface area contributed by atoms with E-state index < -0.39 is 39.8 Å². The van der Waals surface area contributed by atoms with Gasteiger partial charge in [0.25, 0.3) is 10.1 Å². The molecular weight excluding hydrogens is 428 g/mol. The van der Waals surface area contributed by atoms with Crippen LogP contribution in [-0.2, 0) is 23.8 Å². The van der Waals surface area contributed by atoms with Crippen molar-refractivity contribution < 1.29 is 27.2 Å². The van der Waals surface area contributed by atoms with Gasteiger partial charge in [0.15, 0.2) is 0 Å². The Morgan fingerprint density at radius 2 is 1.34 bits per heavy atom. The number of aliphatic hydroxyl groups excluding tert-OH is 1. The van der Waals surface area contributed by atoms with Crippen molar-refractivity contribution in [2.45, 2.75) is 111 Å².